The average Bonchev–Trinajstić information content (AvgIpc) is 2.47. The van der Waals surface area contributed by atoms with Crippen molar-refractivity contribution in [3.8, 4) is 0 Å². The lowest BCUT2D eigenvalue weighted by atomic mass is 10.1. The highest BCUT2D eigenvalue weighted by atomic mass is 32.2. The van der Waals surface area contributed by atoms with Crippen molar-refractivity contribution in [2.45, 2.75) is 24.3 Å². The summed E-state index contributed by atoms with van der Waals surface area (Å²) in [6, 6.07) is 17.8. The first-order chi connectivity index (χ1) is 9.13. The van der Waals surface area contributed by atoms with Crippen LogP contribution in [0.25, 0.3) is 0 Å². The first-order valence-electron chi connectivity index (χ1n) is 6.26. The smallest absolute Gasteiger partial charge is 0.207 e. The quantitative estimate of drug-likeness (QED) is 0.911. The Balaban J connectivity index is 2.24. The van der Waals surface area contributed by atoms with E-state index in [1.165, 1.54) is 0 Å². The number of rotatable bonds is 5. The van der Waals surface area contributed by atoms with E-state index in [1.54, 1.807) is 30.3 Å². The largest absolute Gasteiger partial charge is 0.241 e. The van der Waals surface area contributed by atoms with Crippen molar-refractivity contribution in [1.82, 2.24) is 4.72 Å². The highest BCUT2D eigenvalue weighted by molar-refractivity contribution is 7.89. The zero-order valence-corrected chi connectivity index (χ0v) is 11.6. The van der Waals surface area contributed by atoms with Crippen molar-refractivity contribution in [3.63, 3.8) is 0 Å². The number of hydrogen-bond acceptors (Lipinski definition) is 2. The Hall–Kier alpha value is -1.65. The second kappa shape index (κ2) is 5.99. The van der Waals surface area contributed by atoms with Crippen LogP contribution in [-0.2, 0) is 10.0 Å². The van der Waals surface area contributed by atoms with Gasteiger partial charge in [0.15, 0.2) is 0 Å². The molecule has 1 N–H and O–H groups in total. The van der Waals surface area contributed by atoms with Crippen LogP contribution in [0.2, 0.25) is 0 Å². The highest BCUT2D eigenvalue weighted by Gasteiger charge is 2.19. The maximum atomic E-state index is 12.3. The second-order valence-corrected chi connectivity index (χ2v) is 6.02. The number of sulfonamides is 1. The van der Waals surface area contributed by atoms with Crippen LogP contribution in [0.1, 0.15) is 24.9 Å². The van der Waals surface area contributed by atoms with Gasteiger partial charge >= 0.3 is 0 Å². The SMILES string of the molecule is CC[C@@H](NS(=O)(=O)c1ccccc1)c1ccccc1. The van der Waals surface area contributed by atoms with E-state index in [-0.39, 0.29) is 6.04 Å². The zero-order chi connectivity index (χ0) is 13.7. The first-order valence-corrected chi connectivity index (χ1v) is 7.74. The summed E-state index contributed by atoms with van der Waals surface area (Å²) in [4.78, 5) is 0.296. The predicted molar refractivity (Wildman–Crippen MR) is 76.2 cm³/mol. The summed E-state index contributed by atoms with van der Waals surface area (Å²) in [5, 5.41) is 0. The Morgan fingerprint density at radius 2 is 1.47 bits per heavy atom. The molecule has 4 heteroatoms. The van der Waals surface area contributed by atoms with Gasteiger partial charge in [-0.05, 0) is 24.1 Å². The zero-order valence-electron chi connectivity index (χ0n) is 10.8. The van der Waals surface area contributed by atoms with Crippen molar-refractivity contribution < 1.29 is 8.42 Å². The average molecular weight is 275 g/mol. The standard InChI is InChI=1S/C15H17NO2S/c1-2-15(13-9-5-3-6-10-13)16-19(17,18)14-11-7-4-8-12-14/h3-12,15-16H,2H2,1H3/t15-/m1/s1. The summed E-state index contributed by atoms with van der Waals surface area (Å²) in [6.07, 6.45) is 0.704. The van der Waals surface area contributed by atoms with E-state index in [1.807, 2.05) is 37.3 Å². The fraction of sp³-hybridized carbons (Fsp3) is 0.200. The van der Waals surface area contributed by atoms with E-state index < -0.39 is 10.0 Å². The van der Waals surface area contributed by atoms with Gasteiger partial charge in [0.25, 0.3) is 0 Å². The highest BCUT2D eigenvalue weighted by Crippen LogP contribution is 2.19. The van der Waals surface area contributed by atoms with Gasteiger partial charge in [0, 0.05) is 6.04 Å². The molecule has 1 atom stereocenters. The van der Waals surface area contributed by atoms with E-state index in [0.717, 1.165) is 5.56 Å². The van der Waals surface area contributed by atoms with Gasteiger partial charge in [-0.25, -0.2) is 13.1 Å². The van der Waals surface area contributed by atoms with Crippen LogP contribution in [0.3, 0.4) is 0 Å². The Kier molecular flexibility index (Phi) is 4.35. The molecule has 0 bridgehead atoms. The maximum Gasteiger partial charge on any atom is 0.241 e. The molecule has 0 aromatic heterocycles. The van der Waals surface area contributed by atoms with Crippen LogP contribution >= 0.6 is 0 Å². The number of benzene rings is 2. The molecule has 2 rings (SSSR count). The number of nitrogens with one attached hydrogen (secondary N) is 1. The van der Waals surface area contributed by atoms with Gasteiger partial charge in [-0.1, -0.05) is 55.5 Å². The molecule has 19 heavy (non-hydrogen) atoms. The molecule has 0 saturated heterocycles. The molecule has 2 aromatic carbocycles. The Morgan fingerprint density at radius 3 is 2.00 bits per heavy atom. The van der Waals surface area contributed by atoms with E-state index in [9.17, 15) is 8.42 Å². The van der Waals surface area contributed by atoms with Crippen LogP contribution in [0.15, 0.2) is 65.6 Å². The Labute approximate surface area is 114 Å². The normalized spacial score (nSPS) is 13.1. The maximum absolute atomic E-state index is 12.3. The van der Waals surface area contributed by atoms with Gasteiger partial charge in [0.2, 0.25) is 10.0 Å². The van der Waals surface area contributed by atoms with E-state index in [0.29, 0.717) is 11.3 Å². The molecule has 0 radical (unpaired) electrons. The summed E-state index contributed by atoms with van der Waals surface area (Å²) in [5.74, 6) is 0. The summed E-state index contributed by atoms with van der Waals surface area (Å²) in [7, 11) is -3.47. The summed E-state index contributed by atoms with van der Waals surface area (Å²) >= 11 is 0. The van der Waals surface area contributed by atoms with Gasteiger partial charge in [0.1, 0.15) is 0 Å². The number of hydrogen-bond donors (Lipinski definition) is 1. The molecular weight excluding hydrogens is 258 g/mol. The van der Waals surface area contributed by atoms with Crippen LogP contribution in [0, 0.1) is 0 Å². The molecule has 0 aliphatic carbocycles. The summed E-state index contributed by atoms with van der Waals surface area (Å²) in [6.45, 7) is 1.96. The molecule has 0 aliphatic rings. The van der Waals surface area contributed by atoms with Gasteiger partial charge in [-0.3, -0.25) is 0 Å². The van der Waals surface area contributed by atoms with Crippen molar-refractivity contribution in [1.29, 1.82) is 0 Å². The molecule has 0 unspecified atom stereocenters. The molecule has 0 aliphatic heterocycles. The molecule has 3 nitrogen and oxygen atoms in total. The third-order valence-corrected chi connectivity index (χ3v) is 4.45. The van der Waals surface area contributed by atoms with Crippen LogP contribution in [0.4, 0.5) is 0 Å². The fourth-order valence-electron chi connectivity index (χ4n) is 1.93. The minimum atomic E-state index is -3.47. The molecule has 0 spiro atoms. The van der Waals surface area contributed by atoms with Gasteiger partial charge in [0.05, 0.1) is 4.90 Å². The Morgan fingerprint density at radius 1 is 0.947 bits per heavy atom. The minimum Gasteiger partial charge on any atom is -0.207 e. The lowest BCUT2D eigenvalue weighted by Gasteiger charge is -2.17. The van der Waals surface area contributed by atoms with E-state index >= 15 is 0 Å². The molecule has 100 valence electrons. The van der Waals surface area contributed by atoms with Crippen molar-refractivity contribution in [2.24, 2.45) is 0 Å². The third-order valence-electron chi connectivity index (χ3n) is 2.96. The topological polar surface area (TPSA) is 46.2 Å². The van der Waals surface area contributed by atoms with Gasteiger partial charge in [-0.2, -0.15) is 0 Å². The molecular formula is C15H17NO2S. The van der Waals surface area contributed by atoms with Gasteiger partial charge in [-0.15, -0.1) is 0 Å². The van der Waals surface area contributed by atoms with Crippen LogP contribution in [-0.4, -0.2) is 8.42 Å². The second-order valence-electron chi connectivity index (χ2n) is 4.31. The lowest BCUT2D eigenvalue weighted by molar-refractivity contribution is 0.550. The fourth-order valence-corrected chi connectivity index (χ4v) is 3.26. The Bertz CT molecular complexity index is 609. The van der Waals surface area contributed by atoms with Crippen molar-refractivity contribution in [2.75, 3.05) is 0 Å². The summed E-state index contributed by atoms with van der Waals surface area (Å²) < 4.78 is 27.3. The van der Waals surface area contributed by atoms with Crippen LogP contribution in [0.5, 0.6) is 0 Å². The predicted octanol–water partition coefficient (Wildman–Crippen LogP) is 3.12. The molecule has 2 aromatic rings. The van der Waals surface area contributed by atoms with E-state index in [2.05, 4.69) is 4.72 Å². The molecule has 0 amide bonds. The first kappa shape index (κ1) is 13.8. The van der Waals surface area contributed by atoms with Crippen molar-refractivity contribution >= 4 is 10.0 Å². The molecule has 0 fully saturated rings. The van der Waals surface area contributed by atoms with E-state index in [4.69, 9.17) is 0 Å². The third kappa shape index (κ3) is 3.43. The molecule has 0 heterocycles. The monoisotopic (exact) mass is 275 g/mol. The van der Waals surface area contributed by atoms with Crippen molar-refractivity contribution in [3.05, 3.63) is 66.2 Å². The lowest BCUT2D eigenvalue weighted by Crippen LogP contribution is -2.28. The molecule has 0 saturated carbocycles. The summed E-state index contributed by atoms with van der Waals surface area (Å²) in [5.41, 5.74) is 0.976. The van der Waals surface area contributed by atoms with Gasteiger partial charge < -0.3 is 0 Å². The minimum absolute atomic E-state index is 0.202. The van der Waals surface area contributed by atoms with Crippen LogP contribution < -0.4 is 4.72 Å².